The van der Waals surface area contributed by atoms with Crippen LogP contribution in [0.5, 0.6) is 5.75 Å². The first-order chi connectivity index (χ1) is 16.1. The number of para-hydroxylation sites is 1. The zero-order valence-corrected chi connectivity index (χ0v) is 22.3. The highest BCUT2D eigenvalue weighted by Crippen LogP contribution is 2.39. The van der Waals surface area contributed by atoms with Gasteiger partial charge >= 0.3 is 0 Å². The van der Waals surface area contributed by atoms with E-state index in [1.807, 2.05) is 78.9 Å². The maximum Gasteiger partial charge on any atom is 0.251 e. The van der Waals surface area contributed by atoms with Crippen LogP contribution in [0.1, 0.15) is 42.7 Å². The zero-order valence-electron chi connectivity index (χ0n) is 20.4. The van der Waals surface area contributed by atoms with E-state index in [1.165, 1.54) is 0 Å². The molecule has 0 saturated carbocycles. The third-order valence-corrected chi connectivity index (χ3v) is 11.0. The molecular weight excluding hydrogens is 458 g/mol. The molecule has 0 spiro atoms. The number of carbonyl (C=O) groups is 1. The molecule has 0 aliphatic carbocycles. The van der Waals surface area contributed by atoms with Crippen molar-refractivity contribution in [3.05, 3.63) is 102 Å². The van der Waals surface area contributed by atoms with Gasteiger partial charge in [-0.15, -0.1) is 0 Å². The maximum absolute atomic E-state index is 13.2. The Kier molecular flexibility index (Phi) is 8.41. The van der Waals surface area contributed by atoms with Crippen LogP contribution in [0.2, 0.25) is 18.1 Å². The SMILES string of the molecule is CC(C)(C)[Si](C)(C)O[C@H](C(=S)Oc1ccccc1)[C@@H](NC(=O)c1ccccc1)c1ccccc1. The van der Waals surface area contributed by atoms with Gasteiger partial charge in [0.25, 0.3) is 5.91 Å². The maximum atomic E-state index is 13.2. The summed E-state index contributed by atoms with van der Waals surface area (Å²) in [5.74, 6) is 0.443. The van der Waals surface area contributed by atoms with Crippen molar-refractivity contribution in [2.24, 2.45) is 0 Å². The Hall–Kier alpha value is -2.80. The Bertz CT molecular complexity index is 1080. The largest absolute Gasteiger partial charge is 0.447 e. The molecule has 0 aliphatic rings. The first-order valence-electron chi connectivity index (χ1n) is 11.4. The Morgan fingerprint density at radius 2 is 1.35 bits per heavy atom. The minimum absolute atomic E-state index is 0.0573. The van der Waals surface area contributed by atoms with E-state index < -0.39 is 20.5 Å². The molecule has 0 aromatic heterocycles. The molecular formula is C28H33NO3SSi. The van der Waals surface area contributed by atoms with Gasteiger partial charge in [0, 0.05) is 5.56 Å². The van der Waals surface area contributed by atoms with Gasteiger partial charge in [-0.1, -0.05) is 87.5 Å². The van der Waals surface area contributed by atoms with Crippen LogP contribution in [0.3, 0.4) is 0 Å². The number of rotatable bonds is 8. The molecule has 4 nitrogen and oxygen atoms in total. The Labute approximate surface area is 209 Å². The lowest BCUT2D eigenvalue weighted by molar-refractivity contribution is 0.0895. The van der Waals surface area contributed by atoms with Gasteiger partial charge in [0.05, 0.1) is 6.04 Å². The van der Waals surface area contributed by atoms with E-state index in [-0.39, 0.29) is 10.9 Å². The number of benzene rings is 3. The van der Waals surface area contributed by atoms with Gasteiger partial charge in [-0.05, 0) is 60.2 Å². The van der Waals surface area contributed by atoms with E-state index in [2.05, 4.69) is 39.2 Å². The molecule has 6 heteroatoms. The van der Waals surface area contributed by atoms with Crippen molar-refractivity contribution < 1.29 is 14.0 Å². The Morgan fingerprint density at radius 1 is 0.853 bits per heavy atom. The summed E-state index contributed by atoms with van der Waals surface area (Å²) in [5, 5.41) is 3.41. The number of carbonyl (C=O) groups excluding carboxylic acids is 1. The van der Waals surface area contributed by atoms with Crippen molar-refractivity contribution in [3.8, 4) is 5.75 Å². The Balaban J connectivity index is 2.02. The monoisotopic (exact) mass is 491 g/mol. The van der Waals surface area contributed by atoms with E-state index >= 15 is 0 Å². The molecule has 0 saturated heterocycles. The van der Waals surface area contributed by atoms with Crippen molar-refractivity contribution in [1.82, 2.24) is 5.32 Å². The minimum atomic E-state index is -2.29. The third kappa shape index (κ3) is 6.62. The molecule has 178 valence electrons. The Morgan fingerprint density at radius 3 is 1.88 bits per heavy atom. The lowest BCUT2D eigenvalue weighted by Gasteiger charge is -2.41. The summed E-state index contributed by atoms with van der Waals surface area (Å²) in [6, 6.07) is 27.9. The predicted octanol–water partition coefficient (Wildman–Crippen LogP) is 6.95. The van der Waals surface area contributed by atoms with Crippen molar-refractivity contribution in [2.45, 2.75) is 51.0 Å². The van der Waals surface area contributed by atoms with Gasteiger partial charge in [0.2, 0.25) is 0 Å². The van der Waals surface area contributed by atoms with Gasteiger partial charge in [-0.2, -0.15) is 0 Å². The molecule has 0 aliphatic heterocycles. The summed E-state index contributed by atoms with van der Waals surface area (Å²) in [7, 11) is -2.29. The molecule has 2 atom stereocenters. The van der Waals surface area contributed by atoms with Crippen LogP contribution in [0, 0.1) is 0 Å². The highest BCUT2D eigenvalue weighted by Gasteiger charge is 2.43. The molecule has 0 heterocycles. The van der Waals surface area contributed by atoms with Crippen molar-refractivity contribution >= 4 is 31.5 Å². The lowest BCUT2D eigenvalue weighted by atomic mass is 10.0. The van der Waals surface area contributed by atoms with E-state index in [1.54, 1.807) is 12.1 Å². The fraction of sp³-hybridized carbons (Fsp3) is 0.286. The normalized spacial score (nSPS) is 13.6. The average molecular weight is 492 g/mol. The number of amides is 1. The number of thiocarbonyl (C=S) groups is 1. The van der Waals surface area contributed by atoms with Gasteiger partial charge in [-0.3, -0.25) is 4.79 Å². The molecule has 3 rings (SSSR count). The average Bonchev–Trinajstić information content (AvgIpc) is 2.82. The van der Waals surface area contributed by atoms with Crippen LogP contribution in [-0.4, -0.2) is 25.4 Å². The van der Waals surface area contributed by atoms with Gasteiger partial charge < -0.3 is 14.5 Å². The molecule has 0 bridgehead atoms. The van der Waals surface area contributed by atoms with E-state index in [0.29, 0.717) is 16.4 Å². The first kappa shape index (κ1) is 25.8. The van der Waals surface area contributed by atoms with Gasteiger partial charge in [-0.25, -0.2) is 0 Å². The summed E-state index contributed by atoms with van der Waals surface area (Å²) in [6.45, 7) is 10.9. The van der Waals surface area contributed by atoms with Crippen LogP contribution < -0.4 is 10.1 Å². The van der Waals surface area contributed by atoms with Gasteiger partial charge in [0.15, 0.2) is 13.4 Å². The van der Waals surface area contributed by atoms with Crippen molar-refractivity contribution in [3.63, 3.8) is 0 Å². The molecule has 1 N–H and O–H groups in total. The quantitative estimate of drug-likeness (QED) is 0.273. The van der Waals surface area contributed by atoms with Crippen LogP contribution in [0.4, 0.5) is 0 Å². The summed E-state index contributed by atoms with van der Waals surface area (Å²) < 4.78 is 12.9. The second-order valence-corrected chi connectivity index (χ2v) is 14.9. The van der Waals surface area contributed by atoms with Crippen LogP contribution in [0.25, 0.3) is 0 Å². The minimum Gasteiger partial charge on any atom is -0.447 e. The van der Waals surface area contributed by atoms with E-state index in [4.69, 9.17) is 21.4 Å². The molecule has 3 aromatic carbocycles. The smallest absolute Gasteiger partial charge is 0.251 e. The topological polar surface area (TPSA) is 47.6 Å². The van der Waals surface area contributed by atoms with E-state index in [9.17, 15) is 4.79 Å². The third-order valence-electron chi connectivity index (χ3n) is 6.21. The number of ether oxygens (including phenoxy) is 1. The predicted molar refractivity (Wildman–Crippen MR) is 145 cm³/mol. The summed E-state index contributed by atoms with van der Waals surface area (Å²) in [6.07, 6.45) is -0.661. The fourth-order valence-corrected chi connectivity index (χ4v) is 4.81. The molecule has 0 unspecified atom stereocenters. The summed E-state index contributed by atoms with van der Waals surface area (Å²) in [4.78, 5) is 13.2. The standard InChI is InChI=1S/C28H33NO3SSi/c1-28(2,3)34(4,5)32-25(27(33)31-23-19-13-8-14-20-23)24(21-15-9-6-10-16-21)29-26(30)22-17-11-7-12-18-22/h6-20,24-25H,1-5H3,(H,29,30)/t24-,25-/m0/s1. The molecule has 3 aromatic rings. The fourth-order valence-electron chi connectivity index (χ4n) is 3.22. The molecule has 0 radical (unpaired) electrons. The highest BCUT2D eigenvalue weighted by molar-refractivity contribution is 7.80. The number of hydrogen-bond acceptors (Lipinski definition) is 4. The molecule has 1 amide bonds. The summed E-state index contributed by atoms with van der Waals surface area (Å²) >= 11 is 5.82. The van der Waals surface area contributed by atoms with Crippen LogP contribution in [-0.2, 0) is 4.43 Å². The summed E-state index contributed by atoms with van der Waals surface area (Å²) in [5.41, 5.74) is 1.47. The number of nitrogens with one attached hydrogen (secondary N) is 1. The van der Waals surface area contributed by atoms with Crippen LogP contribution >= 0.6 is 12.2 Å². The van der Waals surface area contributed by atoms with Gasteiger partial charge in [0.1, 0.15) is 11.9 Å². The van der Waals surface area contributed by atoms with Crippen molar-refractivity contribution in [1.29, 1.82) is 0 Å². The second kappa shape index (κ2) is 11.1. The molecule has 34 heavy (non-hydrogen) atoms. The molecule has 0 fully saturated rings. The number of hydrogen-bond donors (Lipinski definition) is 1. The lowest BCUT2D eigenvalue weighted by Crippen LogP contribution is -2.51. The zero-order chi connectivity index (χ0) is 24.8. The highest BCUT2D eigenvalue weighted by atomic mass is 32.1. The van der Waals surface area contributed by atoms with Crippen LogP contribution in [0.15, 0.2) is 91.0 Å². The van der Waals surface area contributed by atoms with E-state index in [0.717, 1.165) is 5.56 Å². The first-order valence-corrected chi connectivity index (χ1v) is 14.8. The van der Waals surface area contributed by atoms with Crippen molar-refractivity contribution in [2.75, 3.05) is 0 Å². The second-order valence-electron chi connectivity index (χ2n) is 9.76.